The second-order valence-corrected chi connectivity index (χ2v) is 7.20. The minimum atomic E-state index is 0.327. The lowest BCUT2D eigenvalue weighted by Crippen LogP contribution is -2.48. The van der Waals surface area contributed by atoms with E-state index in [0.717, 1.165) is 38.4 Å². The maximum absolute atomic E-state index is 4.43. The van der Waals surface area contributed by atoms with E-state index in [9.17, 15) is 0 Å². The summed E-state index contributed by atoms with van der Waals surface area (Å²) >= 11 is 0. The molecular formula is C19H28N6. The Labute approximate surface area is 149 Å². The number of tetrazole rings is 1. The fourth-order valence-electron chi connectivity index (χ4n) is 4.36. The number of para-hydroxylation sites is 1. The molecule has 0 spiro atoms. The number of anilines is 1. The monoisotopic (exact) mass is 340 g/mol. The molecule has 25 heavy (non-hydrogen) atoms. The van der Waals surface area contributed by atoms with Crippen LogP contribution < -0.4 is 4.90 Å². The molecular weight excluding hydrogens is 312 g/mol. The summed E-state index contributed by atoms with van der Waals surface area (Å²) in [6.45, 7) is 6.49. The third-order valence-electron chi connectivity index (χ3n) is 5.75. The van der Waals surface area contributed by atoms with Crippen LogP contribution in [0.15, 0.2) is 30.3 Å². The third kappa shape index (κ3) is 3.40. The van der Waals surface area contributed by atoms with Crippen LogP contribution in [0.2, 0.25) is 0 Å². The molecule has 4 rings (SSSR count). The number of aromatic nitrogens is 4. The fraction of sp³-hybridized carbons (Fsp3) is 0.632. The van der Waals surface area contributed by atoms with E-state index in [4.69, 9.17) is 0 Å². The molecule has 1 aromatic carbocycles. The summed E-state index contributed by atoms with van der Waals surface area (Å²) in [7, 11) is 0. The van der Waals surface area contributed by atoms with Crippen LogP contribution in [0, 0.1) is 0 Å². The van der Waals surface area contributed by atoms with Crippen molar-refractivity contribution in [2.24, 2.45) is 0 Å². The average molecular weight is 340 g/mol. The number of benzene rings is 1. The Balaban J connectivity index is 1.45. The molecule has 0 amide bonds. The number of nitrogens with zero attached hydrogens (tertiary/aromatic N) is 6. The zero-order chi connectivity index (χ0) is 17.1. The first-order valence-corrected chi connectivity index (χ1v) is 9.68. The van der Waals surface area contributed by atoms with Crippen LogP contribution in [0.3, 0.4) is 0 Å². The summed E-state index contributed by atoms with van der Waals surface area (Å²) in [5.74, 6) is 1.07. The van der Waals surface area contributed by atoms with Gasteiger partial charge < -0.3 is 4.90 Å². The van der Waals surface area contributed by atoms with Gasteiger partial charge in [-0.25, -0.2) is 4.68 Å². The summed E-state index contributed by atoms with van der Waals surface area (Å²) in [5, 5.41) is 12.8. The second-order valence-electron chi connectivity index (χ2n) is 7.20. The van der Waals surface area contributed by atoms with Crippen LogP contribution in [-0.4, -0.2) is 51.3 Å². The molecule has 6 nitrogen and oxygen atoms in total. The Kier molecular flexibility index (Phi) is 4.97. The Bertz CT molecular complexity index is 656. The first-order chi connectivity index (χ1) is 12.4. The van der Waals surface area contributed by atoms with Crippen molar-refractivity contribution < 1.29 is 0 Å². The lowest BCUT2D eigenvalue weighted by Gasteiger charge is -2.39. The van der Waals surface area contributed by atoms with Crippen LogP contribution >= 0.6 is 0 Å². The lowest BCUT2D eigenvalue weighted by atomic mass is 10.1. The molecule has 1 saturated carbocycles. The lowest BCUT2D eigenvalue weighted by molar-refractivity contribution is 0.166. The van der Waals surface area contributed by atoms with Crippen LogP contribution in [0.4, 0.5) is 5.69 Å². The second kappa shape index (κ2) is 7.52. The summed E-state index contributed by atoms with van der Waals surface area (Å²) in [6, 6.07) is 11.5. The van der Waals surface area contributed by atoms with Gasteiger partial charge in [0.2, 0.25) is 0 Å². The summed E-state index contributed by atoms with van der Waals surface area (Å²) in [6.07, 6.45) is 6.10. The van der Waals surface area contributed by atoms with Gasteiger partial charge in [0.05, 0.1) is 12.1 Å². The molecule has 0 unspecified atom stereocenters. The molecule has 2 heterocycles. The van der Waals surface area contributed by atoms with Gasteiger partial charge in [-0.05, 0) is 41.8 Å². The van der Waals surface area contributed by atoms with Gasteiger partial charge >= 0.3 is 0 Å². The molecule has 134 valence electrons. The van der Waals surface area contributed by atoms with Crippen molar-refractivity contribution in [2.45, 2.75) is 51.1 Å². The van der Waals surface area contributed by atoms with Crippen LogP contribution in [0.5, 0.6) is 0 Å². The highest BCUT2D eigenvalue weighted by molar-refractivity contribution is 5.46. The SMILES string of the molecule is CC[C@@H](c1nnnn1C1CCCC1)N1CCN(c2ccccc2)CC1. The van der Waals surface area contributed by atoms with Crippen molar-refractivity contribution in [3.05, 3.63) is 36.2 Å². The van der Waals surface area contributed by atoms with Crippen LogP contribution in [0.1, 0.15) is 56.9 Å². The van der Waals surface area contributed by atoms with E-state index in [1.165, 1.54) is 31.4 Å². The van der Waals surface area contributed by atoms with Gasteiger partial charge in [0.1, 0.15) is 0 Å². The molecule has 0 N–H and O–H groups in total. The molecule has 1 aromatic heterocycles. The summed E-state index contributed by atoms with van der Waals surface area (Å²) < 4.78 is 2.13. The number of piperazine rings is 1. The van der Waals surface area contributed by atoms with Gasteiger partial charge in [-0.15, -0.1) is 5.10 Å². The van der Waals surface area contributed by atoms with Crippen molar-refractivity contribution in [3.8, 4) is 0 Å². The summed E-state index contributed by atoms with van der Waals surface area (Å²) in [5.41, 5.74) is 1.32. The highest BCUT2D eigenvalue weighted by Gasteiger charge is 2.30. The first-order valence-electron chi connectivity index (χ1n) is 9.68. The van der Waals surface area contributed by atoms with Crippen molar-refractivity contribution in [1.29, 1.82) is 0 Å². The van der Waals surface area contributed by atoms with Gasteiger partial charge in [0.15, 0.2) is 5.82 Å². The summed E-state index contributed by atoms with van der Waals surface area (Å²) in [4.78, 5) is 5.04. The first kappa shape index (κ1) is 16.5. The largest absolute Gasteiger partial charge is 0.369 e. The third-order valence-corrected chi connectivity index (χ3v) is 5.75. The van der Waals surface area contributed by atoms with E-state index < -0.39 is 0 Å². The van der Waals surface area contributed by atoms with Crippen molar-refractivity contribution in [3.63, 3.8) is 0 Å². The average Bonchev–Trinajstić information content (AvgIpc) is 3.35. The predicted octanol–water partition coefficient (Wildman–Crippen LogP) is 3.06. The molecule has 1 aliphatic heterocycles. The van der Waals surface area contributed by atoms with Gasteiger partial charge in [-0.3, -0.25) is 4.90 Å². The highest BCUT2D eigenvalue weighted by atomic mass is 15.6. The smallest absolute Gasteiger partial charge is 0.168 e. The van der Waals surface area contributed by atoms with Crippen molar-refractivity contribution in [2.75, 3.05) is 31.1 Å². The molecule has 2 fully saturated rings. The Morgan fingerprint density at radius 2 is 1.76 bits per heavy atom. The molecule has 0 radical (unpaired) electrons. The minimum absolute atomic E-state index is 0.327. The van der Waals surface area contributed by atoms with E-state index in [-0.39, 0.29) is 0 Å². The molecule has 1 atom stereocenters. The Morgan fingerprint density at radius 1 is 1.04 bits per heavy atom. The molecule has 0 bridgehead atoms. The molecule has 1 aliphatic carbocycles. The van der Waals surface area contributed by atoms with E-state index in [1.807, 2.05) is 0 Å². The van der Waals surface area contributed by atoms with Gasteiger partial charge in [-0.2, -0.15) is 0 Å². The quantitative estimate of drug-likeness (QED) is 0.837. The topological polar surface area (TPSA) is 50.1 Å². The number of hydrogen-bond acceptors (Lipinski definition) is 5. The zero-order valence-electron chi connectivity index (χ0n) is 15.1. The van der Waals surface area contributed by atoms with Gasteiger partial charge in [0.25, 0.3) is 0 Å². The van der Waals surface area contributed by atoms with Gasteiger partial charge in [-0.1, -0.05) is 38.0 Å². The van der Waals surface area contributed by atoms with Crippen LogP contribution in [0.25, 0.3) is 0 Å². The zero-order valence-corrected chi connectivity index (χ0v) is 15.1. The van der Waals surface area contributed by atoms with E-state index in [2.05, 4.69) is 67.3 Å². The van der Waals surface area contributed by atoms with E-state index in [1.54, 1.807) is 0 Å². The molecule has 6 heteroatoms. The predicted molar refractivity (Wildman–Crippen MR) is 98.6 cm³/mol. The Morgan fingerprint density at radius 3 is 2.44 bits per heavy atom. The molecule has 2 aliphatic rings. The van der Waals surface area contributed by atoms with Gasteiger partial charge in [0, 0.05) is 31.9 Å². The number of hydrogen-bond donors (Lipinski definition) is 0. The maximum Gasteiger partial charge on any atom is 0.168 e. The normalized spacial score (nSPS) is 20.9. The highest BCUT2D eigenvalue weighted by Crippen LogP contribution is 2.32. The van der Waals surface area contributed by atoms with Crippen molar-refractivity contribution in [1.82, 2.24) is 25.1 Å². The fourth-order valence-corrected chi connectivity index (χ4v) is 4.36. The van der Waals surface area contributed by atoms with Crippen molar-refractivity contribution >= 4 is 5.69 Å². The molecule has 1 saturated heterocycles. The Hall–Kier alpha value is -1.95. The van der Waals surface area contributed by atoms with E-state index in [0.29, 0.717) is 12.1 Å². The molecule has 2 aromatic rings. The van der Waals surface area contributed by atoms with Crippen LogP contribution in [-0.2, 0) is 0 Å². The van der Waals surface area contributed by atoms with E-state index >= 15 is 0 Å². The maximum atomic E-state index is 4.43. The standard InChI is InChI=1S/C19H28N6/c1-2-18(19-20-21-22-25(19)17-10-6-7-11-17)24-14-12-23(13-15-24)16-8-4-3-5-9-16/h3-5,8-9,17-18H,2,6-7,10-15H2,1H3/t18-/m0/s1. The minimum Gasteiger partial charge on any atom is -0.369 e. The number of rotatable bonds is 5.